The molecule has 0 aromatic heterocycles. The monoisotopic (exact) mass is 308 g/mol. The van der Waals surface area contributed by atoms with Crippen molar-refractivity contribution in [1.29, 1.82) is 0 Å². The SMILES string of the molecule is COc1ccc(COC(=O)C(C)OCC2CCCCO2)cc1. The number of hydrogen-bond donors (Lipinski definition) is 0. The molecule has 0 amide bonds. The molecule has 2 unspecified atom stereocenters. The molecule has 1 aromatic carbocycles. The lowest BCUT2D eigenvalue weighted by atomic mass is 10.1. The molecule has 0 radical (unpaired) electrons. The first kappa shape index (κ1) is 16.8. The molecule has 5 nitrogen and oxygen atoms in total. The summed E-state index contributed by atoms with van der Waals surface area (Å²) in [6.45, 7) is 3.17. The number of methoxy groups -OCH3 is 1. The van der Waals surface area contributed by atoms with Crippen LogP contribution < -0.4 is 4.74 Å². The molecule has 0 saturated carbocycles. The van der Waals surface area contributed by atoms with E-state index in [1.165, 1.54) is 0 Å². The van der Waals surface area contributed by atoms with Crippen molar-refractivity contribution in [2.45, 2.75) is 45.0 Å². The van der Waals surface area contributed by atoms with Gasteiger partial charge in [0, 0.05) is 6.61 Å². The fraction of sp³-hybridized carbons (Fsp3) is 0.588. The minimum absolute atomic E-state index is 0.102. The highest BCUT2D eigenvalue weighted by atomic mass is 16.6. The minimum Gasteiger partial charge on any atom is -0.497 e. The van der Waals surface area contributed by atoms with Gasteiger partial charge in [-0.15, -0.1) is 0 Å². The van der Waals surface area contributed by atoms with Gasteiger partial charge in [0.2, 0.25) is 0 Å². The first-order chi connectivity index (χ1) is 10.7. The molecule has 1 fully saturated rings. The van der Waals surface area contributed by atoms with Crippen molar-refractivity contribution in [2.75, 3.05) is 20.3 Å². The average molecular weight is 308 g/mol. The van der Waals surface area contributed by atoms with Crippen molar-refractivity contribution >= 4 is 5.97 Å². The predicted molar refractivity (Wildman–Crippen MR) is 81.8 cm³/mol. The Morgan fingerprint density at radius 2 is 2.09 bits per heavy atom. The topological polar surface area (TPSA) is 54.0 Å². The molecule has 2 rings (SSSR count). The van der Waals surface area contributed by atoms with Crippen molar-refractivity contribution in [2.24, 2.45) is 0 Å². The van der Waals surface area contributed by atoms with Crippen molar-refractivity contribution < 1.29 is 23.7 Å². The molecule has 1 heterocycles. The Morgan fingerprint density at radius 1 is 1.32 bits per heavy atom. The lowest BCUT2D eigenvalue weighted by Gasteiger charge is -2.23. The summed E-state index contributed by atoms with van der Waals surface area (Å²) in [6.07, 6.45) is 2.78. The molecular weight excluding hydrogens is 284 g/mol. The molecule has 22 heavy (non-hydrogen) atoms. The molecule has 5 heteroatoms. The third-order valence-corrected chi connectivity index (χ3v) is 3.68. The zero-order chi connectivity index (χ0) is 15.8. The fourth-order valence-corrected chi connectivity index (χ4v) is 2.25. The number of hydrogen-bond acceptors (Lipinski definition) is 5. The maximum absolute atomic E-state index is 11.9. The highest BCUT2D eigenvalue weighted by molar-refractivity contribution is 5.74. The molecule has 1 aliphatic rings. The molecule has 0 spiro atoms. The third kappa shape index (κ3) is 5.31. The predicted octanol–water partition coefficient (Wildman–Crippen LogP) is 2.71. The van der Waals surface area contributed by atoms with Crippen LogP contribution in [0.3, 0.4) is 0 Å². The van der Waals surface area contributed by atoms with Crippen LogP contribution in [0.1, 0.15) is 31.7 Å². The van der Waals surface area contributed by atoms with Crippen LogP contribution in [-0.4, -0.2) is 38.5 Å². The summed E-state index contributed by atoms with van der Waals surface area (Å²) < 4.78 is 21.5. The van der Waals surface area contributed by atoms with Gasteiger partial charge in [-0.3, -0.25) is 0 Å². The van der Waals surface area contributed by atoms with Gasteiger partial charge in [-0.25, -0.2) is 4.79 Å². The number of benzene rings is 1. The second kappa shape index (κ2) is 8.76. The summed E-state index contributed by atoms with van der Waals surface area (Å²) in [5, 5.41) is 0. The second-order valence-electron chi connectivity index (χ2n) is 5.42. The number of ether oxygens (including phenoxy) is 4. The van der Waals surface area contributed by atoms with Crippen LogP contribution in [0.25, 0.3) is 0 Å². The van der Waals surface area contributed by atoms with E-state index in [2.05, 4.69) is 0 Å². The van der Waals surface area contributed by atoms with Crippen LogP contribution in [-0.2, 0) is 25.6 Å². The van der Waals surface area contributed by atoms with Crippen LogP contribution in [0, 0.1) is 0 Å². The average Bonchev–Trinajstić information content (AvgIpc) is 2.58. The first-order valence-electron chi connectivity index (χ1n) is 7.72. The van der Waals surface area contributed by atoms with Crippen molar-refractivity contribution in [3.63, 3.8) is 0 Å². The third-order valence-electron chi connectivity index (χ3n) is 3.68. The normalized spacial score (nSPS) is 19.5. The quantitative estimate of drug-likeness (QED) is 0.725. The van der Waals surface area contributed by atoms with Gasteiger partial charge in [0.05, 0.1) is 19.8 Å². The number of esters is 1. The maximum atomic E-state index is 11.9. The highest BCUT2D eigenvalue weighted by Crippen LogP contribution is 2.14. The van der Waals surface area contributed by atoms with E-state index < -0.39 is 6.10 Å². The van der Waals surface area contributed by atoms with E-state index in [0.717, 1.165) is 37.2 Å². The molecule has 1 saturated heterocycles. The van der Waals surface area contributed by atoms with Gasteiger partial charge in [0.15, 0.2) is 6.10 Å². The zero-order valence-electron chi connectivity index (χ0n) is 13.2. The second-order valence-corrected chi connectivity index (χ2v) is 5.42. The van der Waals surface area contributed by atoms with Gasteiger partial charge in [0.25, 0.3) is 0 Å². The van der Waals surface area contributed by atoms with Crippen molar-refractivity contribution in [1.82, 2.24) is 0 Å². The summed E-state index contributed by atoms with van der Waals surface area (Å²) in [6, 6.07) is 7.41. The Morgan fingerprint density at radius 3 is 2.73 bits per heavy atom. The van der Waals surface area contributed by atoms with E-state index in [9.17, 15) is 4.79 Å². The Hall–Kier alpha value is -1.59. The van der Waals surface area contributed by atoms with Crippen LogP contribution in [0.15, 0.2) is 24.3 Å². The van der Waals surface area contributed by atoms with E-state index >= 15 is 0 Å². The Labute approximate surface area is 131 Å². The molecule has 122 valence electrons. The van der Waals surface area contributed by atoms with Crippen molar-refractivity contribution in [3.05, 3.63) is 29.8 Å². The molecule has 2 atom stereocenters. The molecule has 0 bridgehead atoms. The summed E-state index contributed by atoms with van der Waals surface area (Å²) in [5.41, 5.74) is 0.914. The van der Waals surface area contributed by atoms with E-state index in [1.54, 1.807) is 14.0 Å². The Kier molecular flexibility index (Phi) is 6.68. The van der Waals surface area contributed by atoms with Gasteiger partial charge in [-0.1, -0.05) is 12.1 Å². The molecular formula is C17H24O5. The smallest absolute Gasteiger partial charge is 0.335 e. The van der Waals surface area contributed by atoms with Crippen LogP contribution in [0.4, 0.5) is 0 Å². The number of rotatable bonds is 7. The Balaban J connectivity index is 1.68. The van der Waals surface area contributed by atoms with Crippen LogP contribution in [0.2, 0.25) is 0 Å². The largest absolute Gasteiger partial charge is 0.497 e. The number of carbonyl (C=O) groups is 1. The van der Waals surface area contributed by atoms with Gasteiger partial charge in [-0.2, -0.15) is 0 Å². The van der Waals surface area contributed by atoms with Gasteiger partial charge >= 0.3 is 5.97 Å². The van der Waals surface area contributed by atoms with Gasteiger partial charge < -0.3 is 18.9 Å². The molecule has 1 aromatic rings. The van der Waals surface area contributed by atoms with E-state index in [1.807, 2.05) is 24.3 Å². The fourth-order valence-electron chi connectivity index (χ4n) is 2.25. The first-order valence-corrected chi connectivity index (χ1v) is 7.72. The minimum atomic E-state index is -0.580. The summed E-state index contributed by atoms with van der Waals surface area (Å²) in [5.74, 6) is 0.422. The number of carbonyl (C=O) groups excluding carboxylic acids is 1. The van der Waals surface area contributed by atoms with E-state index in [0.29, 0.717) is 6.61 Å². The molecule has 0 N–H and O–H groups in total. The van der Waals surface area contributed by atoms with Crippen LogP contribution in [0.5, 0.6) is 5.75 Å². The standard InChI is InChI=1S/C17H24O5/c1-13(21-12-16-5-3-4-10-20-16)17(18)22-11-14-6-8-15(19-2)9-7-14/h6-9,13,16H,3-5,10-12H2,1-2H3. The summed E-state index contributed by atoms with van der Waals surface area (Å²) >= 11 is 0. The summed E-state index contributed by atoms with van der Waals surface area (Å²) in [7, 11) is 1.62. The van der Waals surface area contributed by atoms with Crippen LogP contribution >= 0.6 is 0 Å². The highest BCUT2D eigenvalue weighted by Gasteiger charge is 2.19. The Bertz CT molecular complexity index is 451. The van der Waals surface area contributed by atoms with Gasteiger partial charge in [-0.05, 0) is 43.9 Å². The molecule has 1 aliphatic heterocycles. The molecule has 0 aliphatic carbocycles. The van der Waals surface area contributed by atoms with Crippen molar-refractivity contribution in [3.8, 4) is 5.75 Å². The lowest BCUT2D eigenvalue weighted by Crippen LogP contribution is -2.30. The van der Waals surface area contributed by atoms with E-state index in [4.69, 9.17) is 18.9 Å². The maximum Gasteiger partial charge on any atom is 0.335 e. The van der Waals surface area contributed by atoms with Gasteiger partial charge in [0.1, 0.15) is 12.4 Å². The summed E-state index contributed by atoms with van der Waals surface area (Å²) in [4.78, 5) is 11.9. The lowest BCUT2D eigenvalue weighted by molar-refractivity contribution is -0.160. The van der Waals surface area contributed by atoms with E-state index in [-0.39, 0.29) is 18.7 Å². The zero-order valence-corrected chi connectivity index (χ0v) is 13.2.